The highest BCUT2D eigenvalue weighted by Gasteiger charge is 2.13. The van der Waals surface area contributed by atoms with E-state index >= 15 is 0 Å². The number of rotatable bonds is 5. The van der Waals surface area contributed by atoms with Gasteiger partial charge in [-0.15, -0.1) is 10.2 Å². The lowest BCUT2D eigenvalue weighted by Crippen LogP contribution is -2.05. The van der Waals surface area contributed by atoms with Crippen LogP contribution in [0.25, 0.3) is 22.5 Å². The van der Waals surface area contributed by atoms with Gasteiger partial charge in [0.15, 0.2) is 0 Å². The number of hydrazone groups is 1. The minimum atomic E-state index is 0.319. The van der Waals surface area contributed by atoms with E-state index in [1.54, 1.807) is 6.26 Å². The van der Waals surface area contributed by atoms with Crippen LogP contribution in [-0.4, -0.2) is 20.9 Å². The molecule has 0 saturated heterocycles. The molecule has 2 aromatic carbocycles. The van der Waals surface area contributed by atoms with Gasteiger partial charge in [-0.25, -0.2) is 10.4 Å². The van der Waals surface area contributed by atoms with Crippen LogP contribution in [0.4, 0.5) is 5.95 Å². The molecule has 6 heteroatoms. The summed E-state index contributed by atoms with van der Waals surface area (Å²) < 4.78 is 5.33. The summed E-state index contributed by atoms with van der Waals surface area (Å²) in [6.07, 6.45) is 1.61. The Bertz CT molecular complexity index is 1040. The van der Waals surface area contributed by atoms with Crippen LogP contribution in [0.15, 0.2) is 88.6 Å². The lowest BCUT2D eigenvalue weighted by molar-refractivity contribution is 0.557. The van der Waals surface area contributed by atoms with E-state index in [9.17, 15) is 0 Å². The van der Waals surface area contributed by atoms with E-state index in [1.165, 1.54) is 0 Å². The molecule has 0 fully saturated rings. The minimum Gasteiger partial charge on any atom is -0.463 e. The Kier molecular flexibility index (Phi) is 4.70. The second-order valence-corrected chi connectivity index (χ2v) is 5.85. The van der Waals surface area contributed by atoms with Crippen LogP contribution in [0, 0.1) is 0 Å². The van der Waals surface area contributed by atoms with Crippen molar-refractivity contribution in [1.82, 2.24) is 15.2 Å². The van der Waals surface area contributed by atoms with Gasteiger partial charge in [-0.2, -0.15) is 5.10 Å². The Morgan fingerprint density at radius 3 is 2.11 bits per heavy atom. The summed E-state index contributed by atoms with van der Waals surface area (Å²) in [7, 11) is 0. The maximum atomic E-state index is 5.33. The van der Waals surface area contributed by atoms with E-state index in [2.05, 4.69) is 25.7 Å². The Morgan fingerprint density at radius 2 is 1.48 bits per heavy atom. The standard InChI is InChI=1S/C21H17N5O/c1-15(18-13-8-14-27-18)23-25-21-22-19(16-9-4-2-5-10-16)20(24-26-21)17-11-6-3-7-12-17/h2-14H,1H3,(H,22,25,26)/b23-15+. The van der Waals surface area contributed by atoms with Gasteiger partial charge in [-0.05, 0) is 19.1 Å². The molecule has 4 rings (SSSR count). The summed E-state index contributed by atoms with van der Waals surface area (Å²) in [4.78, 5) is 4.65. The van der Waals surface area contributed by atoms with Crippen molar-refractivity contribution in [3.05, 3.63) is 84.8 Å². The highest BCUT2D eigenvalue weighted by Crippen LogP contribution is 2.28. The molecule has 0 atom stereocenters. The van der Waals surface area contributed by atoms with E-state index in [0.717, 1.165) is 22.5 Å². The molecular weight excluding hydrogens is 338 g/mol. The van der Waals surface area contributed by atoms with Gasteiger partial charge in [0, 0.05) is 11.1 Å². The third kappa shape index (κ3) is 3.74. The van der Waals surface area contributed by atoms with Crippen LogP contribution in [-0.2, 0) is 0 Å². The van der Waals surface area contributed by atoms with Gasteiger partial charge in [0.25, 0.3) is 5.95 Å². The zero-order valence-corrected chi connectivity index (χ0v) is 14.7. The van der Waals surface area contributed by atoms with Crippen LogP contribution < -0.4 is 5.43 Å². The summed E-state index contributed by atoms with van der Waals surface area (Å²) in [5.74, 6) is 0.999. The second kappa shape index (κ2) is 7.61. The van der Waals surface area contributed by atoms with Crippen molar-refractivity contribution in [2.45, 2.75) is 6.92 Å². The molecule has 0 unspecified atom stereocenters. The normalized spacial score (nSPS) is 11.4. The van der Waals surface area contributed by atoms with E-state index in [4.69, 9.17) is 4.42 Å². The van der Waals surface area contributed by atoms with Gasteiger partial charge >= 0.3 is 0 Å². The van der Waals surface area contributed by atoms with Crippen LogP contribution in [0.3, 0.4) is 0 Å². The lowest BCUT2D eigenvalue weighted by Gasteiger charge is -2.09. The van der Waals surface area contributed by atoms with Crippen molar-refractivity contribution in [2.75, 3.05) is 5.43 Å². The first-order valence-electron chi connectivity index (χ1n) is 8.51. The number of nitrogens with one attached hydrogen (secondary N) is 1. The maximum Gasteiger partial charge on any atom is 0.263 e. The Morgan fingerprint density at radius 1 is 0.815 bits per heavy atom. The molecule has 0 aliphatic carbocycles. The number of anilines is 1. The van der Waals surface area contributed by atoms with Gasteiger partial charge in [0.1, 0.15) is 22.9 Å². The first-order chi connectivity index (χ1) is 13.3. The molecule has 2 aromatic heterocycles. The molecule has 27 heavy (non-hydrogen) atoms. The van der Waals surface area contributed by atoms with Crippen LogP contribution in [0.1, 0.15) is 12.7 Å². The third-order valence-corrected chi connectivity index (χ3v) is 3.98. The summed E-state index contributed by atoms with van der Waals surface area (Å²) >= 11 is 0. The largest absolute Gasteiger partial charge is 0.463 e. The number of furan rings is 1. The monoisotopic (exact) mass is 355 g/mol. The van der Waals surface area contributed by atoms with E-state index in [1.807, 2.05) is 79.7 Å². The minimum absolute atomic E-state index is 0.319. The van der Waals surface area contributed by atoms with E-state index in [-0.39, 0.29) is 0 Å². The van der Waals surface area contributed by atoms with Gasteiger partial charge in [-0.3, -0.25) is 0 Å². The predicted molar refractivity (Wildman–Crippen MR) is 105 cm³/mol. The van der Waals surface area contributed by atoms with Crippen molar-refractivity contribution in [1.29, 1.82) is 0 Å². The zero-order chi connectivity index (χ0) is 18.5. The molecule has 4 aromatic rings. The van der Waals surface area contributed by atoms with Crippen molar-refractivity contribution >= 4 is 11.7 Å². The average Bonchev–Trinajstić information content (AvgIpc) is 3.28. The second-order valence-electron chi connectivity index (χ2n) is 5.85. The van der Waals surface area contributed by atoms with Gasteiger partial charge in [0.05, 0.1) is 6.26 Å². The average molecular weight is 355 g/mol. The Balaban J connectivity index is 1.72. The topological polar surface area (TPSA) is 76.2 Å². The summed E-state index contributed by atoms with van der Waals surface area (Å²) in [5, 5.41) is 12.9. The Hall–Kier alpha value is -3.80. The predicted octanol–water partition coefficient (Wildman–Crippen LogP) is 4.63. The number of hydrogen-bond donors (Lipinski definition) is 1. The lowest BCUT2D eigenvalue weighted by atomic mass is 10.0. The fourth-order valence-corrected chi connectivity index (χ4v) is 2.63. The first-order valence-corrected chi connectivity index (χ1v) is 8.51. The number of benzene rings is 2. The van der Waals surface area contributed by atoms with Crippen LogP contribution >= 0.6 is 0 Å². The molecule has 0 amide bonds. The number of nitrogens with zero attached hydrogens (tertiary/aromatic N) is 4. The molecule has 0 radical (unpaired) electrons. The van der Waals surface area contributed by atoms with Crippen LogP contribution in [0.5, 0.6) is 0 Å². The molecule has 0 aliphatic heterocycles. The number of aromatic nitrogens is 3. The SMILES string of the molecule is C/C(=N\Nc1nnc(-c2ccccc2)c(-c2ccccc2)n1)c1ccco1. The fourth-order valence-electron chi connectivity index (χ4n) is 2.63. The smallest absolute Gasteiger partial charge is 0.263 e. The summed E-state index contributed by atoms with van der Waals surface area (Å²) in [6.45, 7) is 1.84. The molecular formula is C21H17N5O. The van der Waals surface area contributed by atoms with Gasteiger partial charge < -0.3 is 4.42 Å². The first kappa shape index (κ1) is 16.7. The van der Waals surface area contributed by atoms with E-state index < -0.39 is 0 Å². The van der Waals surface area contributed by atoms with Crippen molar-refractivity contribution in [2.24, 2.45) is 5.10 Å². The third-order valence-electron chi connectivity index (χ3n) is 3.98. The molecule has 0 spiro atoms. The Labute approximate surface area is 156 Å². The van der Waals surface area contributed by atoms with Crippen molar-refractivity contribution in [3.63, 3.8) is 0 Å². The fraction of sp³-hybridized carbons (Fsp3) is 0.0476. The molecule has 0 bridgehead atoms. The molecule has 1 N–H and O–H groups in total. The molecule has 0 saturated carbocycles. The highest BCUT2D eigenvalue weighted by atomic mass is 16.3. The maximum absolute atomic E-state index is 5.33. The molecule has 6 nitrogen and oxygen atoms in total. The summed E-state index contributed by atoms with van der Waals surface area (Å²) in [5.41, 5.74) is 6.93. The quantitative estimate of drug-likeness (QED) is 0.417. The van der Waals surface area contributed by atoms with E-state index in [0.29, 0.717) is 17.4 Å². The number of hydrogen-bond acceptors (Lipinski definition) is 6. The molecule has 132 valence electrons. The van der Waals surface area contributed by atoms with Crippen LogP contribution in [0.2, 0.25) is 0 Å². The summed E-state index contributed by atoms with van der Waals surface area (Å²) in [6, 6.07) is 23.4. The van der Waals surface area contributed by atoms with Gasteiger partial charge in [-0.1, -0.05) is 60.7 Å². The van der Waals surface area contributed by atoms with Crippen molar-refractivity contribution in [3.8, 4) is 22.5 Å². The van der Waals surface area contributed by atoms with Gasteiger partial charge in [0.2, 0.25) is 0 Å². The highest BCUT2D eigenvalue weighted by molar-refractivity contribution is 5.96. The molecule has 2 heterocycles. The van der Waals surface area contributed by atoms with Crippen molar-refractivity contribution < 1.29 is 4.42 Å². The zero-order valence-electron chi connectivity index (χ0n) is 14.7. The molecule has 0 aliphatic rings.